The largest absolute Gasteiger partial charge is 0.573 e. The van der Waals surface area contributed by atoms with Crippen molar-refractivity contribution >= 4 is 0 Å². The van der Waals surface area contributed by atoms with Gasteiger partial charge in [0.2, 0.25) is 0 Å². The van der Waals surface area contributed by atoms with Crippen LogP contribution in [0, 0.1) is 5.41 Å². The van der Waals surface area contributed by atoms with Crippen LogP contribution < -0.4 is 10.1 Å². The molecule has 0 aromatic heterocycles. The van der Waals surface area contributed by atoms with E-state index in [4.69, 9.17) is 0 Å². The predicted octanol–water partition coefficient (Wildman–Crippen LogP) is 4.30. The molecule has 2 nitrogen and oxygen atoms in total. The number of alkyl halides is 3. The van der Waals surface area contributed by atoms with Gasteiger partial charge in [-0.2, -0.15) is 0 Å². The zero-order valence-corrected chi connectivity index (χ0v) is 12.5. The summed E-state index contributed by atoms with van der Waals surface area (Å²) in [5, 5.41) is 3.56. The standard InChI is InChI=1S/C16H22F3NO/c1-3-10-20-14(15(2)8-9-15)11-12-4-6-13(7-5-12)21-16(17,18)19/h4-7,14,20H,3,8-11H2,1-2H3. The molecule has 0 aliphatic heterocycles. The van der Waals surface area contributed by atoms with Gasteiger partial charge in [-0.1, -0.05) is 26.0 Å². The van der Waals surface area contributed by atoms with Crippen LogP contribution in [-0.2, 0) is 6.42 Å². The summed E-state index contributed by atoms with van der Waals surface area (Å²) < 4.78 is 40.3. The Balaban J connectivity index is 1.97. The summed E-state index contributed by atoms with van der Waals surface area (Å²) in [7, 11) is 0. The second-order valence-electron chi connectivity index (χ2n) is 6.06. The molecule has 5 heteroatoms. The van der Waals surface area contributed by atoms with E-state index in [9.17, 15) is 13.2 Å². The minimum Gasteiger partial charge on any atom is -0.406 e. The van der Waals surface area contributed by atoms with Crippen molar-refractivity contribution in [3.05, 3.63) is 29.8 Å². The van der Waals surface area contributed by atoms with Gasteiger partial charge in [0.25, 0.3) is 0 Å². The number of nitrogens with one attached hydrogen (secondary N) is 1. The molecule has 1 atom stereocenters. The van der Waals surface area contributed by atoms with Crippen molar-refractivity contribution in [2.45, 2.75) is 51.9 Å². The molecule has 1 fully saturated rings. The zero-order valence-electron chi connectivity index (χ0n) is 12.5. The first-order valence-electron chi connectivity index (χ1n) is 7.40. The minimum absolute atomic E-state index is 0.165. The second kappa shape index (κ2) is 6.26. The van der Waals surface area contributed by atoms with E-state index in [1.807, 2.05) is 0 Å². The van der Waals surface area contributed by atoms with Gasteiger partial charge in [0.05, 0.1) is 0 Å². The highest BCUT2D eigenvalue weighted by Crippen LogP contribution is 2.49. The van der Waals surface area contributed by atoms with Crippen molar-refractivity contribution in [3.63, 3.8) is 0 Å². The van der Waals surface area contributed by atoms with Crippen LogP contribution in [0.15, 0.2) is 24.3 Å². The Labute approximate surface area is 123 Å². The van der Waals surface area contributed by atoms with E-state index in [1.54, 1.807) is 12.1 Å². The number of benzene rings is 1. The number of hydrogen-bond donors (Lipinski definition) is 1. The molecule has 0 heterocycles. The van der Waals surface area contributed by atoms with Crippen molar-refractivity contribution < 1.29 is 17.9 Å². The van der Waals surface area contributed by atoms with Crippen LogP contribution in [0.25, 0.3) is 0 Å². The van der Waals surface area contributed by atoms with Crippen LogP contribution in [0.5, 0.6) is 5.75 Å². The fourth-order valence-corrected chi connectivity index (χ4v) is 2.49. The van der Waals surface area contributed by atoms with Gasteiger partial charge in [-0.3, -0.25) is 0 Å². The Bertz CT molecular complexity index is 452. The van der Waals surface area contributed by atoms with E-state index in [0.29, 0.717) is 11.5 Å². The Hall–Kier alpha value is -1.23. The van der Waals surface area contributed by atoms with Crippen molar-refractivity contribution in [1.29, 1.82) is 0 Å². The first kappa shape index (κ1) is 16.1. The molecule has 0 radical (unpaired) electrons. The highest BCUT2D eigenvalue weighted by atomic mass is 19.4. The molecule has 1 aliphatic rings. The van der Waals surface area contributed by atoms with Gasteiger partial charge >= 0.3 is 6.36 Å². The Morgan fingerprint density at radius 2 is 1.86 bits per heavy atom. The fourth-order valence-electron chi connectivity index (χ4n) is 2.49. The monoisotopic (exact) mass is 301 g/mol. The fraction of sp³-hybridized carbons (Fsp3) is 0.625. The third kappa shape index (κ3) is 4.92. The molecule has 1 aliphatic carbocycles. The van der Waals surface area contributed by atoms with Gasteiger partial charge in [-0.05, 0) is 55.3 Å². The van der Waals surface area contributed by atoms with E-state index in [-0.39, 0.29) is 5.75 Å². The maximum atomic E-state index is 12.1. The first-order valence-corrected chi connectivity index (χ1v) is 7.40. The highest BCUT2D eigenvalue weighted by molar-refractivity contribution is 5.28. The molecule has 0 amide bonds. The lowest BCUT2D eigenvalue weighted by Gasteiger charge is -2.25. The summed E-state index contributed by atoms with van der Waals surface area (Å²) in [6.45, 7) is 5.36. The summed E-state index contributed by atoms with van der Waals surface area (Å²) in [6.07, 6.45) is -0.296. The van der Waals surface area contributed by atoms with Crippen molar-refractivity contribution in [2.75, 3.05) is 6.54 Å². The van der Waals surface area contributed by atoms with Crippen LogP contribution in [0.1, 0.15) is 38.7 Å². The minimum atomic E-state index is -4.63. The Kier molecular flexibility index (Phi) is 4.81. The van der Waals surface area contributed by atoms with Gasteiger partial charge in [0.15, 0.2) is 0 Å². The lowest BCUT2D eigenvalue weighted by molar-refractivity contribution is -0.274. The molecule has 0 bridgehead atoms. The van der Waals surface area contributed by atoms with Crippen LogP contribution in [0.4, 0.5) is 13.2 Å². The lowest BCUT2D eigenvalue weighted by atomic mass is 9.92. The van der Waals surface area contributed by atoms with Gasteiger partial charge in [0, 0.05) is 6.04 Å². The van der Waals surface area contributed by atoms with Gasteiger partial charge in [-0.25, -0.2) is 0 Å². The van der Waals surface area contributed by atoms with Crippen LogP contribution in [0.2, 0.25) is 0 Å². The van der Waals surface area contributed by atoms with E-state index < -0.39 is 6.36 Å². The summed E-state index contributed by atoms with van der Waals surface area (Å²) in [6, 6.07) is 6.58. The number of ether oxygens (including phenoxy) is 1. The van der Waals surface area contributed by atoms with E-state index in [2.05, 4.69) is 23.9 Å². The molecule has 1 N–H and O–H groups in total. The molecule has 1 aromatic carbocycles. The molecule has 0 spiro atoms. The first-order chi connectivity index (χ1) is 9.82. The molecule has 1 saturated carbocycles. The molecule has 1 aromatic rings. The summed E-state index contributed by atoms with van der Waals surface area (Å²) in [5.74, 6) is -0.165. The smallest absolute Gasteiger partial charge is 0.406 e. The maximum absolute atomic E-state index is 12.1. The topological polar surface area (TPSA) is 21.3 Å². The van der Waals surface area contributed by atoms with Crippen LogP contribution in [0.3, 0.4) is 0 Å². The number of rotatable bonds is 7. The molecular formula is C16H22F3NO. The van der Waals surface area contributed by atoms with E-state index in [0.717, 1.165) is 24.9 Å². The average molecular weight is 301 g/mol. The average Bonchev–Trinajstić information content (AvgIpc) is 3.14. The van der Waals surface area contributed by atoms with E-state index >= 15 is 0 Å². The number of halogens is 3. The van der Waals surface area contributed by atoms with Crippen molar-refractivity contribution in [2.24, 2.45) is 5.41 Å². The normalized spacial score (nSPS) is 18.3. The quantitative estimate of drug-likeness (QED) is 0.811. The third-order valence-corrected chi connectivity index (χ3v) is 4.12. The van der Waals surface area contributed by atoms with Gasteiger partial charge in [0.1, 0.15) is 5.75 Å². The van der Waals surface area contributed by atoms with Gasteiger partial charge < -0.3 is 10.1 Å². The Morgan fingerprint density at radius 3 is 2.33 bits per heavy atom. The lowest BCUT2D eigenvalue weighted by Crippen LogP contribution is -2.38. The summed E-state index contributed by atoms with van der Waals surface area (Å²) in [5.41, 5.74) is 1.36. The molecule has 2 rings (SSSR count). The van der Waals surface area contributed by atoms with Gasteiger partial charge in [-0.15, -0.1) is 13.2 Å². The van der Waals surface area contributed by atoms with E-state index in [1.165, 1.54) is 25.0 Å². The van der Waals surface area contributed by atoms with Crippen molar-refractivity contribution in [1.82, 2.24) is 5.32 Å². The second-order valence-corrected chi connectivity index (χ2v) is 6.06. The SMILES string of the molecule is CCCNC(Cc1ccc(OC(F)(F)F)cc1)C1(C)CC1. The maximum Gasteiger partial charge on any atom is 0.573 e. The molecule has 21 heavy (non-hydrogen) atoms. The molecule has 118 valence electrons. The summed E-state index contributed by atoms with van der Waals surface area (Å²) >= 11 is 0. The number of hydrogen-bond acceptors (Lipinski definition) is 2. The predicted molar refractivity (Wildman–Crippen MR) is 76.3 cm³/mol. The van der Waals surface area contributed by atoms with Crippen LogP contribution >= 0.6 is 0 Å². The summed E-state index contributed by atoms with van der Waals surface area (Å²) in [4.78, 5) is 0. The van der Waals surface area contributed by atoms with Crippen LogP contribution in [-0.4, -0.2) is 18.9 Å². The van der Waals surface area contributed by atoms with Crippen molar-refractivity contribution in [3.8, 4) is 5.75 Å². The Morgan fingerprint density at radius 1 is 1.24 bits per heavy atom. The molecule has 0 saturated heterocycles. The third-order valence-electron chi connectivity index (χ3n) is 4.12. The highest BCUT2D eigenvalue weighted by Gasteiger charge is 2.44. The zero-order chi connectivity index (χ0) is 15.5. The molecule has 1 unspecified atom stereocenters. The molecular weight excluding hydrogens is 279 g/mol.